The number of carbonyl (C=O) groups is 2. The van der Waals surface area contributed by atoms with Gasteiger partial charge in [-0.25, -0.2) is 14.2 Å². The van der Waals surface area contributed by atoms with Crippen LogP contribution in [-0.4, -0.2) is 23.5 Å². The summed E-state index contributed by atoms with van der Waals surface area (Å²) >= 11 is 0. The fourth-order valence-electron chi connectivity index (χ4n) is 4.56. The van der Waals surface area contributed by atoms with E-state index in [4.69, 9.17) is 9.15 Å². The summed E-state index contributed by atoms with van der Waals surface area (Å²) in [6.45, 7) is 0.00817. The summed E-state index contributed by atoms with van der Waals surface area (Å²) < 4.78 is 25.0. The number of benzene rings is 2. The maximum atomic E-state index is 13.6. The molecule has 6 rings (SSSR count). The second-order valence-corrected chi connectivity index (χ2v) is 8.47. The molecule has 1 unspecified atom stereocenters. The topological polar surface area (TPSA) is 117 Å². The van der Waals surface area contributed by atoms with Crippen molar-refractivity contribution in [1.29, 1.82) is 5.26 Å². The molecule has 0 spiro atoms. The number of rotatable bonds is 4. The van der Waals surface area contributed by atoms with Crippen molar-refractivity contribution in [3.63, 3.8) is 0 Å². The number of nitrogens with one attached hydrogen (secondary N) is 2. The molecular weight excluding hydrogens is 475 g/mol. The van der Waals surface area contributed by atoms with Crippen molar-refractivity contribution < 1.29 is 23.1 Å². The first-order valence-corrected chi connectivity index (χ1v) is 11.4. The third-order valence-electron chi connectivity index (χ3n) is 6.29. The average molecular weight is 492 g/mol. The minimum absolute atomic E-state index is 0.00817. The molecule has 1 amide bonds. The van der Waals surface area contributed by atoms with Gasteiger partial charge in [0.15, 0.2) is 0 Å². The molecule has 0 aliphatic carbocycles. The van der Waals surface area contributed by atoms with Crippen molar-refractivity contribution >= 4 is 34.4 Å². The van der Waals surface area contributed by atoms with Crippen LogP contribution in [-0.2, 0) is 9.53 Å². The number of furan rings is 1. The van der Waals surface area contributed by atoms with Crippen molar-refractivity contribution in [3.8, 4) is 6.07 Å². The Bertz CT molecular complexity index is 1680. The van der Waals surface area contributed by atoms with E-state index in [1.807, 2.05) is 6.07 Å². The maximum Gasteiger partial charge on any atom is 0.337 e. The van der Waals surface area contributed by atoms with Gasteiger partial charge >= 0.3 is 5.97 Å². The zero-order valence-corrected chi connectivity index (χ0v) is 19.1. The highest BCUT2D eigenvalue weighted by atomic mass is 19.1. The van der Waals surface area contributed by atoms with Gasteiger partial charge in [0.1, 0.15) is 29.6 Å². The Kier molecular flexibility index (Phi) is 5.27. The number of pyridine rings is 1. The van der Waals surface area contributed by atoms with E-state index in [9.17, 15) is 19.2 Å². The van der Waals surface area contributed by atoms with Gasteiger partial charge in [-0.2, -0.15) is 5.26 Å². The monoisotopic (exact) mass is 492 g/mol. The zero-order chi connectivity index (χ0) is 25.5. The molecule has 1 atom stereocenters. The molecule has 0 saturated heterocycles. The average Bonchev–Trinajstić information content (AvgIpc) is 3.52. The number of aromatic nitrogens is 1. The molecule has 0 saturated carbocycles. The number of ether oxygens (including phenoxy) is 1. The van der Waals surface area contributed by atoms with Crippen molar-refractivity contribution in [2.24, 2.45) is 0 Å². The number of dihydropyridines is 1. The molecule has 37 heavy (non-hydrogen) atoms. The number of hydrogen-bond donors (Lipinski definition) is 2. The van der Waals surface area contributed by atoms with Crippen LogP contribution >= 0.6 is 0 Å². The molecule has 9 heteroatoms. The molecule has 0 bridgehead atoms. The lowest BCUT2D eigenvalue weighted by Crippen LogP contribution is -2.25. The smallest absolute Gasteiger partial charge is 0.337 e. The predicted octanol–water partition coefficient (Wildman–Crippen LogP) is 4.65. The Morgan fingerprint density at radius 1 is 1.14 bits per heavy atom. The van der Waals surface area contributed by atoms with Crippen LogP contribution in [0.1, 0.15) is 27.6 Å². The molecule has 2 N–H and O–H groups in total. The second-order valence-electron chi connectivity index (χ2n) is 8.47. The molecular formula is C28H17FN4O4. The highest BCUT2D eigenvalue weighted by Gasteiger charge is 2.42. The summed E-state index contributed by atoms with van der Waals surface area (Å²) in [6, 6.07) is 19.9. The predicted molar refractivity (Wildman–Crippen MR) is 131 cm³/mol. The number of cyclic esters (lactones) is 1. The SMILES string of the molecule is N#CC1=C(c2ccc(F)cc2)NC2=C(C(=O)OC2)C1c1cc2c(NC(=O)c3ccccc3)nccc2o1. The molecule has 2 aromatic carbocycles. The van der Waals surface area contributed by atoms with E-state index in [0.717, 1.165) is 0 Å². The van der Waals surface area contributed by atoms with Gasteiger partial charge in [-0.15, -0.1) is 0 Å². The van der Waals surface area contributed by atoms with Crippen molar-refractivity contribution in [2.75, 3.05) is 11.9 Å². The zero-order valence-electron chi connectivity index (χ0n) is 19.1. The number of halogens is 1. The Balaban J connectivity index is 1.47. The molecule has 0 radical (unpaired) electrons. The van der Waals surface area contributed by atoms with Gasteiger partial charge in [-0.1, -0.05) is 18.2 Å². The molecule has 0 fully saturated rings. The summed E-state index contributed by atoms with van der Waals surface area (Å²) in [5.41, 5.74) is 2.87. The van der Waals surface area contributed by atoms with Gasteiger partial charge < -0.3 is 19.8 Å². The number of nitriles is 1. The molecule has 180 valence electrons. The number of nitrogens with zero attached hydrogens (tertiary/aromatic N) is 2. The lowest BCUT2D eigenvalue weighted by Gasteiger charge is -2.25. The molecule has 4 heterocycles. The highest BCUT2D eigenvalue weighted by molar-refractivity contribution is 6.07. The van der Waals surface area contributed by atoms with Crippen LogP contribution in [0, 0.1) is 17.1 Å². The van der Waals surface area contributed by atoms with E-state index in [-0.39, 0.29) is 29.5 Å². The molecule has 8 nitrogen and oxygen atoms in total. The van der Waals surface area contributed by atoms with E-state index in [2.05, 4.69) is 21.7 Å². The number of esters is 1. The molecule has 2 aliphatic rings. The standard InChI is InChI=1S/C28H17FN4O4/c29-17-8-6-15(7-9-17)25-19(13-30)23(24-20(32-25)14-36-28(24)35)22-12-18-21(37-22)10-11-31-26(18)33-27(34)16-4-2-1-3-5-16/h1-12,23,32H,14H2,(H,31,33,34). The van der Waals surface area contributed by atoms with Crippen LogP contribution in [0.2, 0.25) is 0 Å². The van der Waals surface area contributed by atoms with Gasteiger partial charge in [0.05, 0.1) is 39.9 Å². The van der Waals surface area contributed by atoms with Crippen molar-refractivity contribution in [2.45, 2.75) is 5.92 Å². The van der Waals surface area contributed by atoms with Crippen molar-refractivity contribution in [3.05, 3.63) is 112 Å². The van der Waals surface area contributed by atoms with E-state index >= 15 is 0 Å². The summed E-state index contributed by atoms with van der Waals surface area (Å²) in [6.07, 6.45) is 1.50. The first-order valence-electron chi connectivity index (χ1n) is 11.4. The van der Waals surface area contributed by atoms with Crippen LogP contribution in [0.4, 0.5) is 10.2 Å². The summed E-state index contributed by atoms with van der Waals surface area (Å²) in [5, 5.41) is 16.6. The van der Waals surface area contributed by atoms with Crippen LogP contribution in [0.3, 0.4) is 0 Å². The second kappa shape index (κ2) is 8.77. The lowest BCUT2D eigenvalue weighted by atomic mass is 9.83. The van der Waals surface area contributed by atoms with E-state index in [1.165, 1.54) is 18.3 Å². The quantitative estimate of drug-likeness (QED) is 0.398. The number of amides is 1. The van der Waals surface area contributed by atoms with Crippen molar-refractivity contribution in [1.82, 2.24) is 10.3 Å². The minimum Gasteiger partial charge on any atom is -0.460 e. The maximum absolute atomic E-state index is 13.6. The van der Waals surface area contributed by atoms with Gasteiger partial charge in [0.2, 0.25) is 0 Å². The Labute approximate surface area is 209 Å². The van der Waals surface area contributed by atoms with Crippen LogP contribution < -0.4 is 10.6 Å². The third-order valence-corrected chi connectivity index (χ3v) is 6.29. The Morgan fingerprint density at radius 3 is 2.68 bits per heavy atom. The van der Waals surface area contributed by atoms with Gasteiger partial charge in [0, 0.05) is 11.8 Å². The fourth-order valence-corrected chi connectivity index (χ4v) is 4.56. The highest BCUT2D eigenvalue weighted by Crippen LogP contribution is 2.44. The fraction of sp³-hybridized carbons (Fsp3) is 0.0714. The van der Waals surface area contributed by atoms with E-state index in [1.54, 1.807) is 48.5 Å². The summed E-state index contributed by atoms with van der Waals surface area (Å²) in [4.78, 5) is 29.8. The van der Waals surface area contributed by atoms with Gasteiger partial charge in [-0.3, -0.25) is 4.79 Å². The van der Waals surface area contributed by atoms with Crippen LogP contribution in [0.25, 0.3) is 16.7 Å². The lowest BCUT2D eigenvalue weighted by molar-refractivity contribution is -0.136. The van der Waals surface area contributed by atoms with Crippen LogP contribution in [0.15, 0.2) is 94.2 Å². The normalized spacial score (nSPS) is 16.8. The van der Waals surface area contributed by atoms with Crippen LogP contribution in [0.5, 0.6) is 0 Å². The number of anilines is 1. The first kappa shape index (κ1) is 22.2. The first-order chi connectivity index (χ1) is 18.0. The molecule has 4 aromatic rings. The van der Waals surface area contributed by atoms with Gasteiger partial charge in [-0.05, 0) is 54.1 Å². The summed E-state index contributed by atoms with van der Waals surface area (Å²) in [7, 11) is 0. The van der Waals surface area contributed by atoms with Gasteiger partial charge in [0.25, 0.3) is 5.91 Å². The number of allylic oxidation sites excluding steroid dienone is 1. The minimum atomic E-state index is -0.874. The third kappa shape index (κ3) is 3.81. The summed E-state index contributed by atoms with van der Waals surface area (Å²) in [5.74, 6) is -1.60. The molecule has 2 aromatic heterocycles. The van der Waals surface area contributed by atoms with E-state index < -0.39 is 17.7 Å². The Hall–Kier alpha value is -5.23. The number of carbonyl (C=O) groups excluding carboxylic acids is 2. The molecule has 2 aliphatic heterocycles. The number of fused-ring (bicyclic) bond motifs is 1. The Morgan fingerprint density at radius 2 is 1.92 bits per heavy atom. The number of hydrogen-bond acceptors (Lipinski definition) is 7. The van der Waals surface area contributed by atoms with E-state index in [0.29, 0.717) is 39.3 Å². The largest absolute Gasteiger partial charge is 0.460 e.